The summed E-state index contributed by atoms with van der Waals surface area (Å²) < 4.78 is 0. The first-order valence-corrected chi connectivity index (χ1v) is 6.17. The summed E-state index contributed by atoms with van der Waals surface area (Å²) in [5.74, 6) is 0.623. The molecule has 0 fully saturated rings. The van der Waals surface area contributed by atoms with Crippen molar-refractivity contribution in [2.45, 2.75) is 26.8 Å². The molecule has 4 nitrogen and oxygen atoms in total. The molecule has 19 heavy (non-hydrogen) atoms. The fourth-order valence-corrected chi connectivity index (χ4v) is 1.99. The second-order valence-corrected chi connectivity index (χ2v) is 4.54. The molecule has 1 atom stereocenters. The van der Waals surface area contributed by atoms with Gasteiger partial charge in [-0.05, 0) is 44.5 Å². The van der Waals surface area contributed by atoms with E-state index in [1.165, 1.54) is 0 Å². The Morgan fingerprint density at radius 1 is 1.32 bits per heavy atom. The average molecular weight is 252 g/mol. The molecule has 2 heterocycles. The number of pyridine rings is 2. The maximum absolute atomic E-state index is 9.23. The first-order chi connectivity index (χ1) is 9.11. The molecule has 0 radical (unpaired) electrons. The highest BCUT2D eigenvalue weighted by Gasteiger charge is 2.12. The SMILES string of the molecule is Cc1cc(C)c(C#N)c(NC(C)c2ccccn2)n1. The van der Waals surface area contributed by atoms with Crippen molar-refractivity contribution in [2.24, 2.45) is 0 Å². The van der Waals surface area contributed by atoms with Crippen molar-refractivity contribution in [2.75, 3.05) is 5.32 Å². The first-order valence-electron chi connectivity index (χ1n) is 6.17. The van der Waals surface area contributed by atoms with Gasteiger partial charge < -0.3 is 5.32 Å². The molecular weight excluding hydrogens is 236 g/mol. The van der Waals surface area contributed by atoms with Crippen LogP contribution in [0.4, 0.5) is 5.82 Å². The van der Waals surface area contributed by atoms with Crippen LogP contribution in [-0.2, 0) is 0 Å². The monoisotopic (exact) mass is 252 g/mol. The normalized spacial score (nSPS) is 11.7. The van der Waals surface area contributed by atoms with Crippen molar-refractivity contribution in [3.8, 4) is 6.07 Å². The number of aromatic nitrogens is 2. The lowest BCUT2D eigenvalue weighted by Gasteiger charge is -2.16. The van der Waals surface area contributed by atoms with Crippen molar-refractivity contribution in [3.05, 3.63) is 53.0 Å². The van der Waals surface area contributed by atoms with Crippen molar-refractivity contribution in [1.82, 2.24) is 9.97 Å². The minimum Gasteiger partial charge on any atom is -0.361 e. The van der Waals surface area contributed by atoms with Crippen LogP contribution in [0.5, 0.6) is 0 Å². The standard InChI is InChI=1S/C15H16N4/c1-10-8-11(2)18-15(13(10)9-16)19-12(3)14-6-4-5-7-17-14/h4-8,12H,1-3H3,(H,18,19). The van der Waals surface area contributed by atoms with Gasteiger partial charge in [0.25, 0.3) is 0 Å². The van der Waals surface area contributed by atoms with Gasteiger partial charge in [0.1, 0.15) is 11.9 Å². The molecule has 2 aromatic rings. The van der Waals surface area contributed by atoms with Crippen LogP contribution < -0.4 is 5.32 Å². The summed E-state index contributed by atoms with van der Waals surface area (Å²) in [6, 6.07) is 9.89. The summed E-state index contributed by atoms with van der Waals surface area (Å²) in [4.78, 5) is 8.71. The van der Waals surface area contributed by atoms with Crippen molar-refractivity contribution in [3.63, 3.8) is 0 Å². The van der Waals surface area contributed by atoms with Crippen LogP contribution >= 0.6 is 0 Å². The lowest BCUT2D eigenvalue weighted by atomic mass is 10.1. The predicted octanol–water partition coefficient (Wildman–Crippen LogP) is 3.14. The van der Waals surface area contributed by atoms with E-state index < -0.39 is 0 Å². The zero-order valence-electron chi connectivity index (χ0n) is 11.3. The van der Waals surface area contributed by atoms with Crippen LogP contribution in [0.2, 0.25) is 0 Å². The van der Waals surface area contributed by atoms with Gasteiger partial charge in [-0.3, -0.25) is 4.98 Å². The van der Waals surface area contributed by atoms with Crippen LogP contribution in [0.1, 0.15) is 35.5 Å². The maximum atomic E-state index is 9.23. The molecule has 0 aliphatic carbocycles. The molecule has 2 aromatic heterocycles. The van der Waals surface area contributed by atoms with Gasteiger partial charge in [-0.25, -0.2) is 4.98 Å². The highest BCUT2D eigenvalue weighted by molar-refractivity contribution is 5.57. The van der Waals surface area contributed by atoms with E-state index in [9.17, 15) is 5.26 Å². The number of aryl methyl sites for hydroxylation is 2. The Hall–Kier alpha value is -2.41. The number of nitriles is 1. The van der Waals surface area contributed by atoms with E-state index >= 15 is 0 Å². The Bertz CT molecular complexity index is 614. The Morgan fingerprint density at radius 3 is 2.74 bits per heavy atom. The third kappa shape index (κ3) is 2.89. The number of hydrogen-bond donors (Lipinski definition) is 1. The molecule has 0 saturated heterocycles. The summed E-state index contributed by atoms with van der Waals surface area (Å²) in [7, 11) is 0. The maximum Gasteiger partial charge on any atom is 0.145 e. The third-order valence-electron chi connectivity index (χ3n) is 2.94. The van der Waals surface area contributed by atoms with Crippen LogP contribution in [0.3, 0.4) is 0 Å². The molecule has 0 aromatic carbocycles. The molecule has 0 aliphatic rings. The van der Waals surface area contributed by atoms with Gasteiger partial charge >= 0.3 is 0 Å². The quantitative estimate of drug-likeness (QED) is 0.911. The van der Waals surface area contributed by atoms with E-state index in [-0.39, 0.29) is 6.04 Å². The first kappa shape index (κ1) is 13.0. The molecule has 4 heteroatoms. The summed E-state index contributed by atoms with van der Waals surface area (Å²) in [6.07, 6.45) is 1.76. The van der Waals surface area contributed by atoms with Crippen molar-refractivity contribution < 1.29 is 0 Å². The van der Waals surface area contributed by atoms with E-state index in [0.29, 0.717) is 11.4 Å². The molecule has 96 valence electrons. The Labute approximate surface area is 113 Å². The average Bonchev–Trinajstić information content (AvgIpc) is 2.39. The summed E-state index contributed by atoms with van der Waals surface area (Å²) >= 11 is 0. The Balaban J connectivity index is 2.32. The number of anilines is 1. The second-order valence-electron chi connectivity index (χ2n) is 4.54. The van der Waals surface area contributed by atoms with Gasteiger partial charge in [0.05, 0.1) is 17.3 Å². The van der Waals surface area contributed by atoms with Gasteiger partial charge in [0.15, 0.2) is 0 Å². The van der Waals surface area contributed by atoms with E-state index in [0.717, 1.165) is 17.0 Å². The van der Waals surface area contributed by atoms with Crippen LogP contribution in [0.15, 0.2) is 30.5 Å². The van der Waals surface area contributed by atoms with Crippen molar-refractivity contribution >= 4 is 5.82 Å². The third-order valence-corrected chi connectivity index (χ3v) is 2.94. The van der Waals surface area contributed by atoms with Gasteiger partial charge in [0, 0.05) is 11.9 Å². The van der Waals surface area contributed by atoms with E-state index in [2.05, 4.69) is 21.4 Å². The van der Waals surface area contributed by atoms with E-state index in [1.807, 2.05) is 45.0 Å². The van der Waals surface area contributed by atoms with Gasteiger partial charge in [-0.2, -0.15) is 5.26 Å². The van der Waals surface area contributed by atoms with Gasteiger partial charge in [-0.1, -0.05) is 6.07 Å². The topological polar surface area (TPSA) is 61.6 Å². The minimum absolute atomic E-state index is 0.00185. The van der Waals surface area contributed by atoms with E-state index in [1.54, 1.807) is 6.20 Å². The van der Waals surface area contributed by atoms with Crippen LogP contribution in [0.25, 0.3) is 0 Å². The van der Waals surface area contributed by atoms with Gasteiger partial charge in [-0.15, -0.1) is 0 Å². The predicted molar refractivity (Wildman–Crippen MR) is 74.7 cm³/mol. The summed E-state index contributed by atoms with van der Waals surface area (Å²) in [6.45, 7) is 5.84. The lowest BCUT2D eigenvalue weighted by Crippen LogP contribution is -2.11. The molecule has 1 N–H and O–H groups in total. The molecule has 0 aliphatic heterocycles. The summed E-state index contributed by atoms with van der Waals surface area (Å²) in [5.41, 5.74) is 3.35. The zero-order chi connectivity index (χ0) is 13.8. The van der Waals surface area contributed by atoms with Crippen LogP contribution in [0, 0.1) is 25.2 Å². The fourth-order valence-electron chi connectivity index (χ4n) is 1.99. The van der Waals surface area contributed by atoms with Gasteiger partial charge in [0.2, 0.25) is 0 Å². The number of nitrogens with one attached hydrogen (secondary N) is 1. The lowest BCUT2D eigenvalue weighted by molar-refractivity contribution is 0.829. The molecule has 2 rings (SSSR count). The Morgan fingerprint density at radius 2 is 2.11 bits per heavy atom. The molecule has 0 saturated carbocycles. The highest BCUT2D eigenvalue weighted by Crippen LogP contribution is 2.22. The molecular formula is C15H16N4. The molecule has 0 bridgehead atoms. The number of hydrogen-bond acceptors (Lipinski definition) is 4. The fraction of sp³-hybridized carbons (Fsp3) is 0.267. The minimum atomic E-state index is 0.00185. The second kappa shape index (κ2) is 5.49. The van der Waals surface area contributed by atoms with Crippen molar-refractivity contribution in [1.29, 1.82) is 5.26 Å². The summed E-state index contributed by atoms with van der Waals surface area (Å²) in [5, 5.41) is 12.5. The molecule has 0 spiro atoms. The largest absolute Gasteiger partial charge is 0.361 e. The molecule has 1 unspecified atom stereocenters. The highest BCUT2D eigenvalue weighted by atomic mass is 15.0. The Kier molecular flexibility index (Phi) is 3.76. The number of rotatable bonds is 3. The smallest absolute Gasteiger partial charge is 0.145 e. The molecule has 0 amide bonds. The van der Waals surface area contributed by atoms with Crippen LogP contribution in [-0.4, -0.2) is 9.97 Å². The van der Waals surface area contributed by atoms with E-state index in [4.69, 9.17) is 0 Å². The zero-order valence-corrected chi connectivity index (χ0v) is 11.3. The number of nitrogens with zero attached hydrogens (tertiary/aromatic N) is 3.